The Kier molecular flexibility index (Phi) is 9.46. The van der Waals surface area contributed by atoms with E-state index in [-0.39, 0.29) is 30.1 Å². The molecule has 12 nitrogen and oxygen atoms in total. The lowest BCUT2D eigenvalue weighted by Crippen LogP contribution is -2.35. The van der Waals surface area contributed by atoms with Crippen molar-refractivity contribution in [1.29, 1.82) is 0 Å². The van der Waals surface area contributed by atoms with Gasteiger partial charge in [0.05, 0.1) is 23.7 Å². The third-order valence-electron chi connectivity index (χ3n) is 7.52. The number of thiophene rings is 1. The van der Waals surface area contributed by atoms with Crippen LogP contribution >= 0.6 is 22.9 Å². The lowest BCUT2D eigenvalue weighted by atomic mass is 9.93. The summed E-state index contributed by atoms with van der Waals surface area (Å²) in [6.07, 6.45) is 3.19. The number of ketones is 1. The number of nitrogens with zero attached hydrogens (tertiary/aromatic N) is 2. The Labute approximate surface area is 258 Å². The topological polar surface area (TPSA) is 186 Å². The molecule has 1 saturated carbocycles. The van der Waals surface area contributed by atoms with E-state index >= 15 is 0 Å². The molecule has 0 bridgehead atoms. The van der Waals surface area contributed by atoms with Gasteiger partial charge in [-0.3, -0.25) is 13.8 Å². The molecule has 0 saturated heterocycles. The summed E-state index contributed by atoms with van der Waals surface area (Å²) < 4.78 is 39.3. The molecule has 2 aliphatic rings. The van der Waals surface area contributed by atoms with E-state index in [1.54, 1.807) is 0 Å². The number of hydrogen-bond donors (Lipinski definition) is 3. The van der Waals surface area contributed by atoms with E-state index in [0.717, 1.165) is 28.0 Å². The van der Waals surface area contributed by atoms with Crippen LogP contribution in [-0.2, 0) is 35.2 Å². The third-order valence-corrected chi connectivity index (χ3v) is 9.29. The minimum atomic E-state index is -4.20. The number of aromatic nitrogens is 2. The molecule has 3 aromatic rings. The van der Waals surface area contributed by atoms with E-state index in [1.165, 1.54) is 30.8 Å². The fraction of sp³-hybridized carbons (Fsp3) is 0.429. The highest BCUT2D eigenvalue weighted by Crippen LogP contribution is 2.39. The highest BCUT2D eigenvalue weighted by atomic mass is 35.5. The number of benzene rings is 1. The molecule has 2 aromatic heterocycles. The molecule has 0 radical (unpaired) electrons. The molecule has 43 heavy (non-hydrogen) atoms. The van der Waals surface area contributed by atoms with Gasteiger partial charge in [0.1, 0.15) is 30.4 Å². The number of esters is 1. The average molecular weight is 650 g/mol. The van der Waals surface area contributed by atoms with E-state index < -0.39 is 34.3 Å². The van der Waals surface area contributed by atoms with Gasteiger partial charge in [0, 0.05) is 34.5 Å². The van der Waals surface area contributed by atoms with Crippen LogP contribution in [0.25, 0.3) is 0 Å². The zero-order chi connectivity index (χ0) is 30.9. The first kappa shape index (κ1) is 31.4. The zero-order valence-electron chi connectivity index (χ0n) is 23.5. The number of ether oxygens (including phenoxy) is 2. The monoisotopic (exact) mass is 649 g/mol. The fourth-order valence-electron chi connectivity index (χ4n) is 5.44. The second kappa shape index (κ2) is 12.9. The molecule has 15 heteroatoms. The zero-order valence-corrected chi connectivity index (χ0v) is 25.9. The fourth-order valence-corrected chi connectivity index (χ4v) is 6.99. The van der Waals surface area contributed by atoms with Crippen LogP contribution in [0.15, 0.2) is 36.8 Å². The summed E-state index contributed by atoms with van der Waals surface area (Å²) in [5.74, 6) is -1.08. The molecule has 0 amide bonds. The average Bonchev–Trinajstić information content (AvgIpc) is 3.53. The molecule has 5 atom stereocenters. The van der Waals surface area contributed by atoms with Crippen molar-refractivity contribution in [2.24, 2.45) is 16.8 Å². The van der Waals surface area contributed by atoms with E-state index in [4.69, 9.17) is 36.1 Å². The Balaban J connectivity index is 1.36. The van der Waals surface area contributed by atoms with Crippen molar-refractivity contribution in [3.8, 4) is 0 Å². The summed E-state index contributed by atoms with van der Waals surface area (Å²) in [6, 6.07) is 6.44. The van der Waals surface area contributed by atoms with Gasteiger partial charge >= 0.3 is 16.3 Å². The van der Waals surface area contributed by atoms with Gasteiger partial charge in [0.15, 0.2) is 0 Å². The Morgan fingerprint density at radius 2 is 2.05 bits per heavy atom. The van der Waals surface area contributed by atoms with Crippen molar-refractivity contribution in [3.05, 3.63) is 73.8 Å². The highest BCUT2D eigenvalue weighted by Gasteiger charge is 2.39. The third kappa shape index (κ3) is 7.40. The Morgan fingerprint density at radius 3 is 2.79 bits per heavy atom. The van der Waals surface area contributed by atoms with Crippen LogP contribution < -0.4 is 16.2 Å². The largest absolute Gasteiger partial charge is 0.461 e. The predicted molar refractivity (Wildman–Crippen MR) is 160 cm³/mol. The summed E-state index contributed by atoms with van der Waals surface area (Å²) in [7, 11) is -4.20. The van der Waals surface area contributed by atoms with Crippen LogP contribution in [0, 0.1) is 12.8 Å². The number of nitrogens with one attached hydrogen (secondary N) is 1. The van der Waals surface area contributed by atoms with Crippen LogP contribution in [0.2, 0.25) is 5.02 Å². The van der Waals surface area contributed by atoms with Gasteiger partial charge in [0.25, 0.3) is 0 Å². The molecule has 1 aromatic carbocycles. The first-order valence-electron chi connectivity index (χ1n) is 13.6. The molecular formula is C28H32ClN5O7S2. The van der Waals surface area contributed by atoms with Gasteiger partial charge in [-0.2, -0.15) is 8.42 Å². The van der Waals surface area contributed by atoms with Gasteiger partial charge in [-0.15, -0.1) is 11.3 Å². The van der Waals surface area contributed by atoms with Crippen LogP contribution in [0.3, 0.4) is 0 Å². The van der Waals surface area contributed by atoms with Gasteiger partial charge in [-0.05, 0) is 61.6 Å². The van der Waals surface area contributed by atoms with Gasteiger partial charge < -0.3 is 20.5 Å². The number of carbonyl (C=O) groups is 2. The molecule has 1 aliphatic carbocycles. The van der Waals surface area contributed by atoms with E-state index in [2.05, 4.69) is 15.3 Å². The van der Waals surface area contributed by atoms with Crippen LogP contribution in [0.5, 0.6) is 0 Å². The predicted octanol–water partition coefficient (Wildman–Crippen LogP) is 3.06. The standard InChI is InChI=1S/C28H32ClN5O7S2/c1-14(30)28(36)41-23-9-19(7-17(23)12-40-43(31,37)38)34-27-22(11-32-13-33-27)25(35)24-10-20(15(2)42-24)26-21-8-18(29)4-3-16(21)5-6-39-26/h3-4,8,10-11,13-14,17,19,23,26H,5-7,9,12,30H2,1-2H3,(H2,31,37,38)(H,32,33,34)/t14-,17+,19?,23?,26?/m0/s1. The summed E-state index contributed by atoms with van der Waals surface area (Å²) >= 11 is 7.65. The number of aryl methyl sites for hydroxylation is 1. The number of carbonyl (C=O) groups excluding carboxylic acids is 2. The summed E-state index contributed by atoms with van der Waals surface area (Å²) in [4.78, 5) is 35.8. The number of halogens is 1. The van der Waals surface area contributed by atoms with Crippen LogP contribution in [0.1, 0.15) is 62.7 Å². The van der Waals surface area contributed by atoms with Crippen molar-refractivity contribution >= 4 is 50.8 Å². The number of anilines is 1. The maximum Gasteiger partial charge on any atom is 0.333 e. The van der Waals surface area contributed by atoms with E-state index in [9.17, 15) is 18.0 Å². The summed E-state index contributed by atoms with van der Waals surface area (Å²) in [5, 5.41) is 8.88. The van der Waals surface area contributed by atoms with Crippen molar-refractivity contribution in [2.45, 2.75) is 57.4 Å². The lowest BCUT2D eigenvalue weighted by molar-refractivity contribution is -0.152. The van der Waals surface area contributed by atoms with E-state index in [1.807, 2.05) is 31.2 Å². The molecule has 5 rings (SSSR count). The molecular weight excluding hydrogens is 618 g/mol. The van der Waals surface area contributed by atoms with Crippen LogP contribution in [0.4, 0.5) is 5.82 Å². The SMILES string of the molecule is Cc1sc(C(=O)c2cncnc2NC2CC(OC(=O)[C@H](C)N)[C@@H](COS(N)(=O)=O)C2)cc1C1OCCc2ccc(Cl)cc21. The van der Waals surface area contributed by atoms with Crippen molar-refractivity contribution in [2.75, 3.05) is 18.5 Å². The number of nitrogens with two attached hydrogens (primary N) is 2. The molecule has 3 heterocycles. The van der Waals surface area contributed by atoms with Gasteiger partial charge in [-0.25, -0.2) is 15.1 Å². The van der Waals surface area contributed by atoms with Gasteiger partial charge in [-0.1, -0.05) is 17.7 Å². The number of rotatable bonds is 10. The Morgan fingerprint density at radius 1 is 1.26 bits per heavy atom. The smallest absolute Gasteiger partial charge is 0.333 e. The maximum absolute atomic E-state index is 13.8. The Hall–Kier alpha value is -2.98. The molecule has 1 fully saturated rings. The van der Waals surface area contributed by atoms with Gasteiger partial charge in [0.2, 0.25) is 5.78 Å². The number of fused-ring (bicyclic) bond motifs is 1. The van der Waals surface area contributed by atoms with Crippen molar-refractivity contribution < 1.29 is 31.7 Å². The maximum atomic E-state index is 13.8. The van der Waals surface area contributed by atoms with Crippen molar-refractivity contribution in [1.82, 2.24) is 9.97 Å². The molecule has 3 unspecified atom stereocenters. The first-order chi connectivity index (χ1) is 20.4. The minimum absolute atomic E-state index is 0.261. The number of hydrogen-bond acceptors (Lipinski definition) is 12. The lowest BCUT2D eigenvalue weighted by Gasteiger charge is -2.26. The Bertz CT molecular complexity index is 1630. The van der Waals surface area contributed by atoms with Crippen LogP contribution in [-0.4, -0.2) is 61.5 Å². The molecule has 5 N–H and O–H groups in total. The molecule has 1 aliphatic heterocycles. The minimum Gasteiger partial charge on any atom is -0.461 e. The second-order valence-corrected chi connectivity index (χ2v) is 13.6. The molecule has 0 spiro atoms. The quantitative estimate of drug-likeness (QED) is 0.216. The normalized spacial score (nSPS) is 22.5. The first-order valence-corrected chi connectivity index (χ1v) is 16.3. The molecule has 230 valence electrons. The second-order valence-electron chi connectivity index (χ2n) is 10.7. The highest BCUT2D eigenvalue weighted by molar-refractivity contribution is 7.84. The van der Waals surface area contributed by atoms with Crippen molar-refractivity contribution in [3.63, 3.8) is 0 Å². The summed E-state index contributed by atoms with van der Waals surface area (Å²) in [5.41, 5.74) is 8.97. The van der Waals surface area contributed by atoms with E-state index in [0.29, 0.717) is 35.2 Å². The summed E-state index contributed by atoms with van der Waals surface area (Å²) in [6.45, 7) is 3.72.